The molecule has 0 aliphatic carbocycles. The zero-order chi connectivity index (χ0) is 21.3. The molecular weight excluding hydrogens is 444 g/mol. The molecule has 1 atom stereocenters. The van der Waals surface area contributed by atoms with Crippen LogP contribution in [0.15, 0.2) is 24.3 Å². The summed E-state index contributed by atoms with van der Waals surface area (Å²) < 4.78 is 41.2. The first-order chi connectivity index (χ1) is 12.7. The highest BCUT2D eigenvalue weighted by atomic mass is 35.5. The summed E-state index contributed by atoms with van der Waals surface area (Å²) in [5.74, 6) is 3.16. The molecule has 8 heteroatoms. The van der Waals surface area contributed by atoms with E-state index in [1.165, 1.54) is 17.4 Å². The van der Waals surface area contributed by atoms with Crippen LogP contribution in [0, 0.1) is 18.4 Å². The number of benzene rings is 1. The molecule has 1 aromatic heterocycles. The lowest BCUT2D eigenvalue weighted by Gasteiger charge is -2.31. The molecule has 0 bridgehead atoms. The van der Waals surface area contributed by atoms with Crippen molar-refractivity contribution in [1.29, 1.82) is 0 Å². The van der Waals surface area contributed by atoms with Crippen LogP contribution in [0.5, 0.6) is 0 Å². The predicted octanol–water partition coefficient (Wildman–Crippen LogP) is 6.97. The first kappa shape index (κ1) is 23.3. The third kappa shape index (κ3) is 5.77. The lowest BCUT2D eigenvalue weighted by molar-refractivity contribution is -0.269. The summed E-state index contributed by atoms with van der Waals surface area (Å²) in [6, 6.07) is 5.37. The maximum atomic E-state index is 13.7. The Hall–Kier alpha value is -0.973. The number of thiophene rings is 1. The van der Waals surface area contributed by atoms with E-state index in [1.54, 1.807) is 0 Å². The van der Waals surface area contributed by atoms with Gasteiger partial charge in [0.2, 0.25) is 0 Å². The van der Waals surface area contributed by atoms with Crippen molar-refractivity contribution in [3.8, 4) is 11.5 Å². The van der Waals surface area contributed by atoms with Crippen LogP contribution >= 0.6 is 34.5 Å². The average Bonchev–Trinajstić information content (AvgIpc) is 2.88. The van der Waals surface area contributed by atoms with Crippen molar-refractivity contribution in [3.63, 3.8) is 0 Å². The van der Waals surface area contributed by atoms with Gasteiger partial charge in [0.25, 0.3) is 0 Å². The average molecular weight is 465 g/mol. The van der Waals surface area contributed by atoms with Crippen LogP contribution in [-0.4, -0.2) is 19.4 Å². The number of aliphatic hydroxyl groups is 1. The monoisotopic (exact) mass is 464 g/mol. The summed E-state index contributed by atoms with van der Waals surface area (Å²) >= 11 is 13.1. The quantitative estimate of drug-likeness (QED) is 0.382. The molecule has 0 saturated heterocycles. The van der Waals surface area contributed by atoms with Crippen LogP contribution in [0.25, 0.3) is 0 Å². The third-order valence-corrected chi connectivity index (χ3v) is 6.59. The summed E-state index contributed by atoms with van der Waals surface area (Å²) in [6.45, 7) is 8.27. The molecule has 0 amide bonds. The van der Waals surface area contributed by atoms with Crippen LogP contribution in [0.3, 0.4) is 0 Å². The molecule has 1 N–H and O–H groups in total. The fourth-order valence-electron chi connectivity index (χ4n) is 2.59. The summed E-state index contributed by atoms with van der Waals surface area (Å²) in [4.78, 5) is 1.60. The number of alkyl halides is 3. The van der Waals surface area contributed by atoms with Gasteiger partial charge in [-0.2, -0.15) is 13.2 Å². The minimum Gasteiger partial charge on any atom is -0.376 e. The van der Waals surface area contributed by atoms with E-state index >= 15 is 0 Å². The largest absolute Gasteiger partial charge is 0.421 e. The van der Waals surface area contributed by atoms with Crippen LogP contribution in [0.4, 0.5) is 13.2 Å². The number of halogens is 5. The zero-order valence-corrected chi connectivity index (χ0v) is 19.3. The first-order valence-electron chi connectivity index (χ1n) is 8.59. The number of aryl methyl sites for hydroxylation is 2. The van der Waals surface area contributed by atoms with Gasteiger partial charge in [0, 0.05) is 14.9 Å². The summed E-state index contributed by atoms with van der Waals surface area (Å²) in [6.07, 6.45) is -5.35. The van der Waals surface area contributed by atoms with E-state index in [9.17, 15) is 18.3 Å². The Morgan fingerprint density at radius 1 is 1.07 bits per heavy atom. The Labute approximate surface area is 178 Å². The van der Waals surface area contributed by atoms with Gasteiger partial charge < -0.3 is 5.11 Å². The first-order valence-corrected chi connectivity index (χ1v) is 13.7. The minimum absolute atomic E-state index is 0.0426. The van der Waals surface area contributed by atoms with Crippen molar-refractivity contribution in [2.45, 2.75) is 51.2 Å². The molecule has 2 rings (SSSR count). The molecule has 2 aromatic rings. The standard InChI is InChI=1S/C20H21Cl2F3OSSi/c1-13-9-17(27-18(13)6-8-28(2,3)4)5-7-19(26,20(23,24)25)14-10-15(21)12-16(22)11-14/h9-12,26H,5,7H2,1-4H3. The van der Waals surface area contributed by atoms with Gasteiger partial charge in [-0.15, -0.1) is 16.9 Å². The van der Waals surface area contributed by atoms with Gasteiger partial charge in [-0.25, -0.2) is 0 Å². The van der Waals surface area contributed by atoms with Gasteiger partial charge in [-0.3, -0.25) is 0 Å². The molecule has 0 fully saturated rings. The molecule has 28 heavy (non-hydrogen) atoms. The van der Waals surface area contributed by atoms with E-state index in [-0.39, 0.29) is 22.0 Å². The molecule has 1 aromatic carbocycles. The molecule has 0 spiro atoms. The number of hydrogen-bond donors (Lipinski definition) is 1. The Morgan fingerprint density at radius 3 is 2.14 bits per heavy atom. The second-order valence-corrected chi connectivity index (χ2v) is 14.5. The smallest absolute Gasteiger partial charge is 0.376 e. The van der Waals surface area contributed by atoms with Crippen molar-refractivity contribution in [1.82, 2.24) is 0 Å². The van der Waals surface area contributed by atoms with E-state index in [4.69, 9.17) is 23.2 Å². The highest BCUT2D eigenvalue weighted by molar-refractivity contribution is 7.12. The minimum atomic E-state index is -4.87. The Balaban J connectivity index is 2.32. The molecule has 1 unspecified atom stereocenters. The predicted molar refractivity (Wildman–Crippen MR) is 114 cm³/mol. The van der Waals surface area contributed by atoms with Crippen molar-refractivity contribution in [2.24, 2.45) is 0 Å². The van der Waals surface area contributed by atoms with Crippen LogP contribution in [-0.2, 0) is 12.0 Å². The lowest BCUT2D eigenvalue weighted by Crippen LogP contribution is -2.42. The molecule has 0 aliphatic heterocycles. The normalized spacial score (nSPS) is 14.4. The Morgan fingerprint density at radius 2 is 1.64 bits per heavy atom. The highest BCUT2D eigenvalue weighted by Crippen LogP contribution is 2.44. The van der Waals surface area contributed by atoms with Gasteiger partial charge in [0.15, 0.2) is 5.60 Å². The van der Waals surface area contributed by atoms with Crippen molar-refractivity contribution >= 4 is 42.6 Å². The van der Waals surface area contributed by atoms with Crippen molar-refractivity contribution < 1.29 is 18.3 Å². The fraction of sp³-hybridized carbons (Fsp3) is 0.400. The maximum Gasteiger partial charge on any atom is 0.421 e. The molecule has 152 valence electrons. The highest BCUT2D eigenvalue weighted by Gasteiger charge is 2.54. The van der Waals surface area contributed by atoms with Crippen molar-refractivity contribution in [3.05, 3.63) is 55.2 Å². The summed E-state index contributed by atoms with van der Waals surface area (Å²) in [5.41, 5.74) is 0.810. The molecule has 0 saturated carbocycles. The second-order valence-electron chi connectivity index (χ2n) is 7.74. The zero-order valence-electron chi connectivity index (χ0n) is 16.0. The van der Waals surface area contributed by atoms with Gasteiger partial charge >= 0.3 is 6.18 Å². The van der Waals surface area contributed by atoms with Gasteiger partial charge in [-0.1, -0.05) is 48.8 Å². The molecule has 0 radical (unpaired) electrons. The SMILES string of the molecule is Cc1cc(CCC(O)(c2cc(Cl)cc(Cl)c2)C(F)(F)F)sc1C#C[Si](C)(C)C. The second kappa shape index (κ2) is 8.41. The van der Waals surface area contributed by atoms with E-state index in [2.05, 4.69) is 31.1 Å². The number of hydrogen-bond acceptors (Lipinski definition) is 2. The van der Waals surface area contributed by atoms with Gasteiger partial charge in [0.05, 0.1) is 4.88 Å². The lowest BCUT2D eigenvalue weighted by atomic mass is 9.88. The Bertz CT molecular complexity index is 902. The molecule has 1 heterocycles. The van der Waals surface area contributed by atoms with Crippen LogP contribution in [0.2, 0.25) is 29.7 Å². The van der Waals surface area contributed by atoms with Crippen LogP contribution < -0.4 is 0 Å². The van der Waals surface area contributed by atoms with E-state index in [0.717, 1.165) is 27.5 Å². The van der Waals surface area contributed by atoms with E-state index < -0.39 is 26.3 Å². The van der Waals surface area contributed by atoms with Crippen LogP contribution in [0.1, 0.15) is 27.3 Å². The number of rotatable bonds is 4. The summed E-state index contributed by atoms with van der Waals surface area (Å²) in [7, 11) is -1.55. The molecular formula is C20H21Cl2F3OSSi. The topological polar surface area (TPSA) is 20.2 Å². The Kier molecular flexibility index (Phi) is 7.00. The summed E-state index contributed by atoms with van der Waals surface area (Å²) in [5, 5.41) is 10.6. The van der Waals surface area contributed by atoms with Crippen molar-refractivity contribution in [2.75, 3.05) is 0 Å². The van der Waals surface area contributed by atoms with Gasteiger partial charge in [-0.05, 0) is 55.2 Å². The van der Waals surface area contributed by atoms with E-state index in [1.807, 2.05) is 13.0 Å². The molecule has 1 nitrogen and oxygen atoms in total. The van der Waals surface area contributed by atoms with Gasteiger partial charge in [0.1, 0.15) is 8.07 Å². The molecule has 0 aliphatic rings. The third-order valence-electron chi connectivity index (χ3n) is 4.06. The fourth-order valence-corrected chi connectivity index (χ4v) is 4.73. The van der Waals surface area contributed by atoms with E-state index in [0.29, 0.717) is 0 Å². The maximum absolute atomic E-state index is 13.7.